The number of nitrogen functional groups attached to an aromatic ring is 1. The molecule has 20 heavy (non-hydrogen) atoms. The van der Waals surface area contributed by atoms with Crippen molar-refractivity contribution < 1.29 is 9.53 Å². The number of carbonyl (C=O) groups is 1. The van der Waals surface area contributed by atoms with E-state index in [4.69, 9.17) is 10.6 Å². The molecule has 6 nitrogen and oxygen atoms in total. The molecule has 1 aromatic heterocycles. The Morgan fingerprint density at radius 3 is 2.95 bits per heavy atom. The van der Waals surface area contributed by atoms with E-state index in [1.807, 2.05) is 19.2 Å². The number of aromatic nitrogens is 2. The van der Waals surface area contributed by atoms with Crippen molar-refractivity contribution in [3.63, 3.8) is 0 Å². The van der Waals surface area contributed by atoms with Crippen LogP contribution < -0.4 is 16.0 Å². The lowest BCUT2D eigenvalue weighted by Gasteiger charge is -2.07. The lowest BCUT2D eigenvalue weighted by atomic mass is 10.1. The summed E-state index contributed by atoms with van der Waals surface area (Å²) in [6.45, 7) is 3.20. The van der Waals surface area contributed by atoms with Crippen molar-refractivity contribution in [1.29, 1.82) is 0 Å². The molecule has 0 aliphatic carbocycles. The number of rotatable bonds is 5. The number of hydrazine groups is 1. The van der Waals surface area contributed by atoms with E-state index in [2.05, 4.69) is 26.5 Å². The molecule has 0 aliphatic heterocycles. The van der Waals surface area contributed by atoms with E-state index in [0.717, 1.165) is 16.6 Å². The third kappa shape index (κ3) is 3.37. The molecule has 106 valence electrons. The number of nitrogens with zero attached hydrogens (tertiary/aromatic N) is 2. The molecule has 0 unspecified atom stereocenters. The first-order valence-corrected chi connectivity index (χ1v) is 6.88. The SMILES string of the molecule is CCn1cc(OCc2ccc(C(=O)NN)cc2Br)cn1. The Kier molecular flexibility index (Phi) is 4.75. The van der Waals surface area contributed by atoms with Crippen LogP contribution in [0, 0.1) is 0 Å². The van der Waals surface area contributed by atoms with Crippen molar-refractivity contribution in [1.82, 2.24) is 15.2 Å². The molecule has 0 bridgehead atoms. The zero-order valence-corrected chi connectivity index (χ0v) is 12.6. The first-order chi connectivity index (χ1) is 9.63. The lowest BCUT2D eigenvalue weighted by molar-refractivity contribution is 0.0953. The van der Waals surface area contributed by atoms with Gasteiger partial charge in [0.15, 0.2) is 5.75 Å². The summed E-state index contributed by atoms with van der Waals surface area (Å²) in [6, 6.07) is 5.22. The summed E-state index contributed by atoms with van der Waals surface area (Å²) < 4.78 is 8.23. The fourth-order valence-corrected chi connectivity index (χ4v) is 2.14. The fourth-order valence-electron chi connectivity index (χ4n) is 1.64. The first kappa shape index (κ1) is 14.5. The van der Waals surface area contributed by atoms with Crippen molar-refractivity contribution in [3.05, 3.63) is 46.2 Å². The van der Waals surface area contributed by atoms with E-state index in [0.29, 0.717) is 17.9 Å². The van der Waals surface area contributed by atoms with Crippen LogP contribution in [0.4, 0.5) is 0 Å². The van der Waals surface area contributed by atoms with E-state index in [1.54, 1.807) is 23.0 Å². The van der Waals surface area contributed by atoms with Gasteiger partial charge in [-0.3, -0.25) is 14.9 Å². The van der Waals surface area contributed by atoms with Gasteiger partial charge in [-0.25, -0.2) is 5.84 Å². The molecule has 1 aromatic carbocycles. The minimum atomic E-state index is -0.331. The molecule has 1 heterocycles. The van der Waals surface area contributed by atoms with Crippen molar-refractivity contribution in [2.75, 3.05) is 0 Å². The molecule has 0 radical (unpaired) electrons. The van der Waals surface area contributed by atoms with Crippen molar-refractivity contribution >= 4 is 21.8 Å². The van der Waals surface area contributed by atoms with E-state index in [-0.39, 0.29) is 5.91 Å². The van der Waals surface area contributed by atoms with Crippen LogP contribution in [0.15, 0.2) is 35.1 Å². The average molecular weight is 339 g/mol. The maximum absolute atomic E-state index is 11.4. The number of aryl methyl sites for hydroxylation is 1. The predicted octanol–water partition coefficient (Wildman–Crippen LogP) is 1.85. The second-order valence-electron chi connectivity index (χ2n) is 4.10. The van der Waals surface area contributed by atoms with Gasteiger partial charge in [-0.15, -0.1) is 0 Å². The summed E-state index contributed by atoms with van der Waals surface area (Å²) in [5, 5.41) is 4.13. The zero-order valence-electron chi connectivity index (χ0n) is 11.0. The summed E-state index contributed by atoms with van der Waals surface area (Å²) in [6.07, 6.45) is 3.51. The summed E-state index contributed by atoms with van der Waals surface area (Å²) in [5.74, 6) is 5.47. The number of hydrogen-bond acceptors (Lipinski definition) is 4. The number of amides is 1. The van der Waals surface area contributed by atoms with Gasteiger partial charge in [-0.05, 0) is 19.1 Å². The molecular formula is C13H15BrN4O2. The smallest absolute Gasteiger partial charge is 0.265 e. The van der Waals surface area contributed by atoms with E-state index in [1.165, 1.54) is 0 Å². The topological polar surface area (TPSA) is 82.2 Å². The number of hydrogen-bond donors (Lipinski definition) is 2. The normalized spacial score (nSPS) is 10.3. The van der Waals surface area contributed by atoms with Gasteiger partial charge in [-0.1, -0.05) is 22.0 Å². The van der Waals surface area contributed by atoms with Crippen LogP contribution in [-0.2, 0) is 13.2 Å². The monoisotopic (exact) mass is 338 g/mol. The summed E-state index contributed by atoms with van der Waals surface area (Å²) >= 11 is 3.42. The Morgan fingerprint density at radius 2 is 2.35 bits per heavy atom. The van der Waals surface area contributed by atoms with Crippen LogP contribution in [0.5, 0.6) is 5.75 Å². The van der Waals surface area contributed by atoms with Gasteiger partial charge >= 0.3 is 0 Å². The number of benzene rings is 1. The van der Waals surface area contributed by atoms with E-state index >= 15 is 0 Å². The van der Waals surface area contributed by atoms with Crippen molar-refractivity contribution in [2.24, 2.45) is 5.84 Å². The highest BCUT2D eigenvalue weighted by molar-refractivity contribution is 9.10. The van der Waals surface area contributed by atoms with E-state index in [9.17, 15) is 4.79 Å². The molecule has 0 aliphatic rings. The Hall–Kier alpha value is -1.86. The summed E-state index contributed by atoms with van der Waals surface area (Å²) in [5.41, 5.74) is 3.51. The lowest BCUT2D eigenvalue weighted by Crippen LogP contribution is -2.29. The first-order valence-electron chi connectivity index (χ1n) is 6.08. The predicted molar refractivity (Wildman–Crippen MR) is 78.0 cm³/mol. The molecule has 2 aromatic rings. The largest absolute Gasteiger partial charge is 0.486 e. The minimum absolute atomic E-state index is 0.331. The van der Waals surface area contributed by atoms with Gasteiger partial charge in [0, 0.05) is 22.1 Å². The molecule has 0 atom stereocenters. The maximum atomic E-state index is 11.4. The van der Waals surface area contributed by atoms with Gasteiger partial charge in [0.2, 0.25) is 0 Å². The van der Waals surface area contributed by atoms with E-state index < -0.39 is 0 Å². The average Bonchev–Trinajstić information content (AvgIpc) is 2.93. The molecule has 0 spiro atoms. The number of halogens is 1. The Bertz CT molecular complexity index is 612. The van der Waals surface area contributed by atoms with Crippen molar-refractivity contribution in [2.45, 2.75) is 20.1 Å². The Balaban J connectivity index is 2.04. The van der Waals surface area contributed by atoms with Gasteiger partial charge in [0.05, 0.1) is 12.4 Å². The number of nitrogens with one attached hydrogen (secondary N) is 1. The molecular weight excluding hydrogens is 324 g/mol. The number of nitrogens with two attached hydrogens (primary N) is 1. The van der Waals surface area contributed by atoms with Crippen LogP contribution in [0.1, 0.15) is 22.8 Å². The summed E-state index contributed by atoms with van der Waals surface area (Å²) in [4.78, 5) is 11.4. The summed E-state index contributed by atoms with van der Waals surface area (Å²) in [7, 11) is 0. The molecule has 0 saturated heterocycles. The second kappa shape index (κ2) is 6.53. The third-order valence-corrected chi connectivity index (χ3v) is 3.51. The molecule has 3 N–H and O–H groups in total. The number of ether oxygens (including phenoxy) is 1. The minimum Gasteiger partial charge on any atom is -0.486 e. The zero-order chi connectivity index (χ0) is 14.5. The maximum Gasteiger partial charge on any atom is 0.265 e. The molecule has 0 fully saturated rings. The second-order valence-corrected chi connectivity index (χ2v) is 4.95. The van der Waals surface area contributed by atoms with Gasteiger partial charge in [0.1, 0.15) is 6.61 Å². The fraction of sp³-hybridized carbons (Fsp3) is 0.231. The van der Waals surface area contributed by atoms with Gasteiger partial charge in [0.25, 0.3) is 5.91 Å². The highest BCUT2D eigenvalue weighted by atomic mass is 79.9. The van der Waals surface area contributed by atoms with Crippen molar-refractivity contribution in [3.8, 4) is 5.75 Å². The van der Waals surface area contributed by atoms with Gasteiger partial charge < -0.3 is 4.74 Å². The molecule has 2 rings (SSSR count). The molecule has 7 heteroatoms. The Morgan fingerprint density at radius 1 is 1.55 bits per heavy atom. The highest BCUT2D eigenvalue weighted by Gasteiger charge is 2.08. The van der Waals surface area contributed by atoms with Crippen LogP contribution in [-0.4, -0.2) is 15.7 Å². The van der Waals surface area contributed by atoms with Gasteiger partial charge in [-0.2, -0.15) is 5.10 Å². The molecule has 0 saturated carbocycles. The van der Waals surface area contributed by atoms with Crippen LogP contribution in [0.2, 0.25) is 0 Å². The van der Waals surface area contributed by atoms with Crippen LogP contribution in [0.3, 0.4) is 0 Å². The standard InChI is InChI=1S/C13H15BrN4O2/c1-2-18-7-11(6-16-18)20-8-10-4-3-9(5-12(10)14)13(19)17-15/h3-7H,2,8,15H2,1H3,(H,17,19). The quantitative estimate of drug-likeness (QED) is 0.495. The third-order valence-electron chi connectivity index (χ3n) is 2.77. The number of carbonyl (C=O) groups excluding carboxylic acids is 1. The Labute approximate surface area is 125 Å². The molecule has 1 amide bonds. The van der Waals surface area contributed by atoms with Crippen LogP contribution >= 0.6 is 15.9 Å². The van der Waals surface area contributed by atoms with Crippen LogP contribution in [0.25, 0.3) is 0 Å². The highest BCUT2D eigenvalue weighted by Crippen LogP contribution is 2.21.